The highest BCUT2D eigenvalue weighted by Gasteiger charge is 2.25. The van der Waals surface area contributed by atoms with Crippen molar-refractivity contribution in [3.05, 3.63) is 21.6 Å². The van der Waals surface area contributed by atoms with Crippen LogP contribution in [0.15, 0.2) is 11.0 Å². The van der Waals surface area contributed by atoms with E-state index in [0.29, 0.717) is 18.2 Å². The summed E-state index contributed by atoms with van der Waals surface area (Å²) in [5, 5.41) is 4.49. The smallest absolute Gasteiger partial charge is 0.287 e. The summed E-state index contributed by atoms with van der Waals surface area (Å²) in [4.78, 5) is 14.3. The van der Waals surface area contributed by atoms with E-state index in [9.17, 15) is 4.79 Å². The van der Waals surface area contributed by atoms with Crippen LogP contribution in [0.4, 0.5) is 5.69 Å². The number of halogens is 1. The van der Waals surface area contributed by atoms with Crippen LogP contribution >= 0.6 is 11.6 Å². The van der Waals surface area contributed by atoms with Crippen LogP contribution in [0.5, 0.6) is 0 Å². The lowest BCUT2D eigenvalue weighted by Crippen LogP contribution is -2.48. The molecular formula is C14H23ClN4O. The Kier molecular flexibility index (Phi) is 5.05. The van der Waals surface area contributed by atoms with Gasteiger partial charge in [0.15, 0.2) is 0 Å². The minimum absolute atomic E-state index is 0.113. The fraction of sp³-hybridized carbons (Fsp3) is 0.714. The van der Waals surface area contributed by atoms with Crippen molar-refractivity contribution in [3.8, 4) is 0 Å². The lowest BCUT2D eigenvalue weighted by Gasteiger charge is -2.36. The average Bonchev–Trinajstić information content (AvgIpc) is 2.44. The van der Waals surface area contributed by atoms with Crippen molar-refractivity contribution in [3.63, 3.8) is 0 Å². The van der Waals surface area contributed by atoms with Gasteiger partial charge in [-0.2, -0.15) is 5.10 Å². The highest BCUT2D eigenvalue weighted by molar-refractivity contribution is 6.33. The van der Waals surface area contributed by atoms with E-state index in [0.717, 1.165) is 32.4 Å². The standard InChI is InChI=1S/C14H23ClN4O/c1-3-4-6-19-14(20)13(15)12(8-17-19)18-7-5-10(2)11(16)9-18/h8,10-11H,3-7,9,16H2,1-2H3. The quantitative estimate of drug-likeness (QED) is 0.922. The Balaban J connectivity index is 2.21. The van der Waals surface area contributed by atoms with Crippen LogP contribution in [0.2, 0.25) is 5.02 Å². The summed E-state index contributed by atoms with van der Waals surface area (Å²) in [5.41, 5.74) is 6.61. The fourth-order valence-electron chi connectivity index (χ4n) is 2.46. The summed E-state index contributed by atoms with van der Waals surface area (Å²) in [6, 6.07) is 0.113. The Morgan fingerprint density at radius 3 is 2.95 bits per heavy atom. The molecule has 1 aromatic heterocycles. The SMILES string of the molecule is CCCCn1ncc(N2CCC(C)C(N)C2)c(Cl)c1=O. The van der Waals surface area contributed by atoms with Gasteiger partial charge in [-0.25, -0.2) is 4.68 Å². The molecule has 0 saturated carbocycles. The van der Waals surface area contributed by atoms with Crippen molar-refractivity contribution < 1.29 is 0 Å². The van der Waals surface area contributed by atoms with Gasteiger partial charge in [0.2, 0.25) is 0 Å². The Morgan fingerprint density at radius 1 is 1.55 bits per heavy atom. The Labute approximate surface area is 124 Å². The molecule has 5 nitrogen and oxygen atoms in total. The van der Waals surface area contributed by atoms with E-state index in [1.54, 1.807) is 6.20 Å². The molecule has 112 valence electrons. The number of unbranched alkanes of at least 4 members (excludes halogenated alkanes) is 1. The van der Waals surface area contributed by atoms with Gasteiger partial charge in [0, 0.05) is 25.7 Å². The van der Waals surface area contributed by atoms with Crippen molar-refractivity contribution >= 4 is 17.3 Å². The topological polar surface area (TPSA) is 64.2 Å². The van der Waals surface area contributed by atoms with Gasteiger partial charge in [-0.05, 0) is 18.8 Å². The molecule has 2 unspecified atom stereocenters. The molecule has 1 aliphatic heterocycles. The number of anilines is 1. The zero-order valence-electron chi connectivity index (χ0n) is 12.2. The van der Waals surface area contributed by atoms with Gasteiger partial charge in [-0.1, -0.05) is 31.9 Å². The second kappa shape index (κ2) is 6.59. The Bertz CT molecular complexity index is 516. The van der Waals surface area contributed by atoms with Crippen LogP contribution in [0, 0.1) is 5.92 Å². The number of nitrogens with zero attached hydrogens (tertiary/aromatic N) is 3. The maximum Gasteiger partial charge on any atom is 0.287 e. The van der Waals surface area contributed by atoms with Crippen LogP contribution in [-0.2, 0) is 6.54 Å². The van der Waals surface area contributed by atoms with Crippen LogP contribution in [0.25, 0.3) is 0 Å². The van der Waals surface area contributed by atoms with Crippen LogP contribution < -0.4 is 16.2 Å². The number of hydrogen-bond acceptors (Lipinski definition) is 4. The molecule has 0 amide bonds. The van der Waals surface area contributed by atoms with E-state index in [4.69, 9.17) is 17.3 Å². The van der Waals surface area contributed by atoms with E-state index in [-0.39, 0.29) is 16.6 Å². The normalized spacial score (nSPS) is 23.1. The van der Waals surface area contributed by atoms with Crippen LogP contribution in [0.1, 0.15) is 33.1 Å². The van der Waals surface area contributed by atoms with E-state index < -0.39 is 0 Å². The molecule has 0 spiro atoms. The molecular weight excluding hydrogens is 276 g/mol. The molecule has 1 saturated heterocycles. The summed E-state index contributed by atoms with van der Waals surface area (Å²) in [5.74, 6) is 0.503. The lowest BCUT2D eigenvalue weighted by molar-refractivity contribution is 0.378. The van der Waals surface area contributed by atoms with Crippen LogP contribution in [-0.4, -0.2) is 28.9 Å². The number of hydrogen-bond donors (Lipinski definition) is 1. The van der Waals surface area contributed by atoms with Crippen molar-refractivity contribution in [2.24, 2.45) is 11.7 Å². The molecule has 0 aliphatic carbocycles. The van der Waals surface area contributed by atoms with Crippen molar-refractivity contribution in [2.75, 3.05) is 18.0 Å². The maximum absolute atomic E-state index is 12.2. The van der Waals surface area contributed by atoms with Gasteiger partial charge in [-0.15, -0.1) is 0 Å². The largest absolute Gasteiger partial charge is 0.367 e. The van der Waals surface area contributed by atoms with Gasteiger partial charge in [-0.3, -0.25) is 4.79 Å². The molecule has 2 atom stereocenters. The zero-order chi connectivity index (χ0) is 14.7. The van der Waals surface area contributed by atoms with E-state index in [2.05, 4.69) is 23.8 Å². The number of piperidine rings is 1. The molecule has 2 heterocycles. The lowest BCUT2D eigenvalue weighted by atomic mass is 9.94. The number of nitrogens with two attached hydrogens (primary N) is 1. The summed E-state index contributed by atoms with van der Waals surface area (Å²) in [6.45, 7) is 6.45. The molecule has 0 aromatic carbocycles. The molecule has 0 radical (unpaired) electrons. The molecule has 0 bridgehead atoms. The van der Waals surface area contributed by atoms with Crippen LogP contribution in [0.3, 0.4) is 0 Å². The predicted molar refractivity (Wildman–Crippen MR) is 82.4 cm³/mol. The first-order chi connectivity index (χ1) is 9.54. The summed E-state index contributed by atoms with van der Waals surface area (Å²) >= 11 is 6.24. The van der Waals surface area contributed by atoms with E-state index >= 15 is 0 Å². The average molecular weight is 299 g/mol. The number of aryl methyl sites for hydroxylation is 1. The maximum atomic E-state index is 12.2. The van der Waals surface area contributed by atoms with E-state index in [1.165, 1.54) is 4.68 Å². The van der Waals surface area contributed by atoms with Crippen molar-refractivity contribution in [2.45, 2.75) is 45.7 Å². The third-order valence-electron chi connectivity index (χ3n) is 4.05. The number of rotatable bonds is 4. The molecule has 20 heavy (non-hydrogen) atoms. The highest BCUT2D eigenvalue weighted by Crippen LogP contribution is 2.26. The third kappa shape index (κ3) is 3.15. The van der Waals surface area contributed by atoms with Gasteiger partial charge in [0.1, 0.15) is 5.02 Å². The summed E-state index contributed by atoms with van der Waals surface area (Å²) in [7, 11) is 0. The first kappa shape index (κ1) is 15.3. The van der Waals surface area contributed by atoms with Gasteiger partial charge < -0.3 is 10.6 Å². The summed E-state index contributed by atoms with van der Waals surface area (Å²) in [6.07, 6.45) is 4.65. The zero-order valence-corrected chi connectivity index (χ0v) is 12.9. The molecule has 1 fully saturated rings. The molecule has 6 heteroatoms. The van der Waals surface area contributed by atoms with E-state index in [1.807, 2.05) is 0 Å². The van der Waals surface area contributed by atoms with Gasteiger partial charge in [0.25, 0.3) is 5.56 Å². The van der Waals surface area contributed by atoms with Gasteiger partial charge >= 0.3 is 0 Å². The van der Waals surface area contributed by atoms with Crippen molar-refractivity contribution in [1.82, 2.24) is 9.78 Å². The monoisotopic (exact) mass is 298 g/mol. The van der Waals surface area contributed by atoms with Gasteiger partial charge in [0.05, 0.1) is 11.9 Å². The second-order valence-corrected chi connectivity index (χ2v) is 5.98. The highest BCUT2D eigenvalue weighted by atomic mass is 35.5. The molecule has 2 rings (SSSR count). The molecule has 2 N–H and O–H groups in total. The summed E-state index contributed by atoms with van der Waals surface area (Å²) < 4.78 is 1.45. The molecule has 1 aromatic rings. The minimum Gasteiger partial charge on any atom is -0.367 e. The minimum atomic E-state index is -0.204. The van der Waals surface area contributed by atoms with Crippen molar-refractivity contribution in [1.29, 1.82) is 0 Å². The predicted octanol–water partition coefficient (Wildman–Crippen LogP) is 1.87. The Morgan fingerprint density at radius 2 is 2.30 bits per heavy atom. The first-order valence-electron chi connectivity index (χ1n) is 7.30. The molecule has 1 aliphatic rings. The fourth-order valence-corrected chi connectivity index (χ4v) is 2.73. The second-order valence-electron chi connectivity index (χ2n) is 5.60. The Hall–Kier alpha value is -1.07. The first-order valence-corrected chi connectivity index (χ1v) is 7.68. The number of aromatic nitrogens is 2. The third-order valence-corrected chi connectivity index (χ3v) is 4.40.